The number of anilines is 2. The van der Waals surface area contributed by atoms with Gasteiger partial charge in [0.05, 0.1) is 11.3 Å². The Morgan fingerprint density at radius 1 is 1.11 bits per heavy atom. The van der Waals surface area contributed by atoms with Crippen LogP contribution in [-0.4, -0.2) is 34.3 Å². The summed E-state index contributed by atoms with van der Waals surface area (Å²) >= 11 is 5.93. The van der Waals surface area contributed by atoms with Crippen LogP contribution in [-0.2, 0) is 9.59 Å². The predicted molar refractivity (Wildman–Crippen MR) is 107 cm³/mol. The van der Waals surface area contributed by atoms with Crippen molar-refractivity contribution in [1.29, 1.82) is 0 Å². The predicted octanol–water partition coefficient (Wildman–Crippen LogP) is 3.67. The van der Waals surface area contributed by atoms with Crippen molar-refractivity contribution >= 4 is 40.7 Å². The fourth-order valence-corrected chi connectivity index (χ4v) is 4.30. The van der Waals surface area contributed by atoms with Gasteiger partial charge in [0.25, 0.3) is 11.8 Å². The number of halogens is 1. The first kappa shape index (κ1) is 18.5. The second-order valence-corrected chi connectivity index (χ2v) is 7.73. The lowest BCUT2D eigenvalue weighted by Gasteiger charge is -2.50. The molecule has 1 N–H and O–H groups in total. The van der Waals surface area contributed by atoms with E-state index in [1.807, 2.05) is 13.8 Å². The Labute approximate surface area is 168 Å². The first-order chi connectivity index (χ1) is 13.4. The molecule has 0 unspecified atom stereocenters. The first-order valence-corrected chi connectivity index (χ1v) is 9.57. The number of para-hydroxylation sites is 1. The molecule has 2 aliphatic heterocycles. The molecule has 0 bridgehead atoms. The molecule has 1 saturated heterocycles. The van der Waals surface area contributed by atoms with Crippen LogP contribution < -0.4 is 10.2 Å². The van der Waals surface area contributed by atoms with E-state index in [2.05, 4.69) is 5.32 Å². The Morgan fingerprint density at radius 3 is 2.46 bits per heavy atom. The van der Waals surface area contributed by atoms with Crippen molar-refractivity contribution in [2.45, 2.75) is 38.4 Å². The number of carbonyl (C=O) groups is 3. The lowest BCUT2D eigenvalue weighted by atomic mass is 9.94. The molecule has 2 aromatic carbocycles. The Bertz CT molecular complexity index is 973. The second-order valence-electron chi connectivity index (χ2n) is 7.29. The van der Waals surface area contributed by atoms with Gasteiger partial charge in [-0.25, -0.2) is 0 Å². The maximum atomic E-state index is 13.5. The van der Waals surface area contributed by atoms with E-state index in [4.69, 9.17) is 11.6 Å². The van der Waals surface area contributed by atoms with Crippen LogP contribution in [0.25, 0.3) is 0 Å². The molecular formula is C21H20ClN3O3. The fraction of sp³-hybridized carbons (Fsp3) is 0.286. The first-order valence-electron chi connectivity index (χ1n) is 9.19. The summed E-state index contributed by atoms with van der Waals surface area (Å²) in [6.45, 7) is 3.70. The van der Waals surface area contributed by atoms with Crippen molar-refractivity contribution in [3.05, 3.63) is 59.1 Å². The molecule has 4 rings (SSSR count). The van der Waals surface area contributed by atoms with Gasteiger partial charge in [-0.15, -0.1) is 0 Å². The Morgan fingerprint density at radius 2 is 1.79 bits per heavy atom. The summed E-state index contributed by atoms with van der Waals surface area (Å²) in [5.41, 5.74) is 0.0775. The molecule has 28 heavy (non-hydrogen) atoms. The largest absolute Gasteiger partial charge is 0.322 e. The summed E-state index contributed by atoms with van der Waals surface area (Å²) in [5.74, 6) is -0.822. The molecule has 0 saturated carbocycles. The van der Waals surface area contributed by atoms with Gasteiger partial charge in [0.15, 0.2) is 0 Å². The molecule has 1 fully saturated rings. The summed E-state index contributed by atoms with van der Waals surface area (Å²) in [4.78, 5) is 42.7. The SMILES string of the molecule is CC(C)N1C(=O)c2ccccc2N2C(=O)CC[C@]21C(=O)Nc1ccc(Cl)cc1. The van der Waals surface area contributed by atoms with Crippen molar-refractivity contribution in [2.75, 3.05) is 10.2 Å². The minimum atomic E-state index is -1.39. The molecule has 7 heteroatoms. The second kappa shape index (κ2) is 6.63. The minimum absolute atomic E-state index is 0.170. The van der Waals surface area contributed by atoms with Gasteiger partial charge in [0, 0.05) is 29.6 Å². The molecule has 144 valence electrons. The number of fused-ring (bicyclic) bond motifs is 3. The molecule has 2 aromatic rings. The monoisotopic (exact) mass is 397 g/mol. The van der Waals surface area contributed by atoms with Gasteiger partial charge in [0.2, 0.25) is 11.6 Å². The molecule has 0 aromatic heterocycles. The molecule has 2 aliphatic rings. The summed E-state index contributed by atoms with van der Waals surface area (Å²) in [5, 5.41) is 3.43. The van der Waals surface area contributed by atoms with Crippen LogP contribution in [0.5, 0.6) is 0 Å². The maximum absolute atomic E-state index is 13.5. The van der Waals surface area contributed by atoms with Crippen molar-refractivity contribution in [3.63, 3.8) is 0 Å². The van der Waals surface area contributed by atoms with Crippen LogP contribution in [0, 0.1) is 0 Å². The van der Waals surface area contributed by atoms with Crippen LogP contribution in [0.1, 0.15) is 37.0 Å². The van der Waals surface area contributed by atoms with E-state index in [0.29, 0.717) is 22.0 Å². The Kier molecular flexibility index (Phi) is 4.38. The maximum Gasteiger partial charge on any atom is 0.271 e. The minimum Gasteiger partial charge on any atom is -0.322 e. The molecule has 3 amide bonds. The summed E-state index contributed by atoms with van der Waals surface area (Å²) < 4.78 is 0. The molecule has 1 atom stereocenters. The van der Waals surface area contributed by atoms with E-state index in [1.165, 1.54) is 9.80 Å². The van der Waals surface area contributed by atoms with Crippen molar-refractivity contribution in [2.24, 2.45) is 0 Å². The van der Waals surface area contributed by atoms with Gasteiger partial charge in [-0.2, -0.15) is 0 Å². The van der Waals surface area contributed by atoms with Gasteiger partial charge in [-0.1, -0.05) is 23.7 Å². The molecular weight excluding hydrogens is 378 g/mol. The quantitative estimate of drug-likeness (QED) is 0.859. The number of rotatable bonds is 3. The highest BCUT2D eigenvalue weighted by atomic mass is 35.5. The summed E-state index contributed by atoms with van der Waals surface area (Å²) in [7, 11) is 0. The highest BCUT2D eigenvalue weighted by Gasteiger charge is 2.61. The van der Waals surface area contributed by atoms with Crippen molar-refractivity contribution in [3.8, 4) is 0 Å². The van der Waals surface area contributed by atoms with Crippen LogP contribution in [0.4, 0.5) is 11.4 Å². The molecule has 0 radical (unpaired) electrons. The van der Waals surface area contributed by atoms with Gasteiger partial charge < -0.3 is 10.2 Å². The topological polar surface area (TPSA) is 69.7 Å². The van der Waals surface area contributed by atoms with Crippen molar-refractivity contribution in [1.82, 2.24) is 4.90 Å². The van der Waals surface area contributed by atoms with Crippen LogP contribution in [0.15, 0.2) is 48.5 Å². The van der Waals surface area contributed by atoms with Gasteiger partial charge in [-0.3, -0.25) is 19.3 Å². The van der Waals surface area contributed by atoms with E-state index >= 15 is 0 Å². The molecule has 0 spiro atoms. The third kappa shape index (κ3) is 2.59. The zero-order valence-electron chi connectivity index (χ0n) is 15.6. The normalized spacial score (nSPS) is 21.0. The number of amides is 3. The number of benzene rings is 2. The van der Waals surface area contributed by atoms with E-state index in [-0.39, 0.29) is 30.7 Å². The van der Waals surface area contributed by atoms with E-state index in [1.54, 1.807) is 48.5 Å². The third-order valence-electron chi connectivity index (χ3n) is 5.28. The average molecular weight is 398 g/mol. The van der Waals surface area contributed by atoms with Crippen molar-refractivity contribution < 1.29 is 14.4 Å². The number of carbonyl (C=O) groups excluding carboxylic acids is 3. The smallest absolute Gasteiger partial charge is 0.271 e. The number of hydrogen-bond acceptors (Lipinski definition) is 3. The number of nitrogens with zero attached hydrogens (tertiary/aromatic N) is 2. The summed E-state index contributed by atoms with van der Waals surface area (Å²) in [6.07, 6.45) is 0.433. The standard InChI is InChI=1S/C21H20ClN3O3/c1-13(2)24-19(27)16-5-3-4-6-17(16)25-18(26)11-12-21(24,25)20(28)23-15-9-7-14(22)8-10-15/h3-10,13H,11-12H2,1-2H3,(H,23,28)/t21-/m1/s1. The lowest BCUT2D eigenvalue weighted by molar-refractivity contribution is -0.129. The summed E-state index contributed by atoms with van der Waals surface area (Å²) in [6, 6.07) is 13.4. The number of nitrogens with one attached hydrogen (secondary N) is 1. The zero-order chi connectivity index (χ0) is 20.1. The van der Waals surface area contributed by atoms with E-state index in [0.717, 1.165) is 0 Å². The molecule has 6 nitrogen and oxygen atoms in total. The highest BCUT2D eigenvalue weighted by Crippen LogP contribution is 2.45. The van der Waals surface area contributed by atoms with Crippen LogP contribution in [0.3, 0.4) is 0 Å². The van der Waals surface area contributed by atoms with Crippen LogP contribution >= 0.6 is 11.6 Å². The number of hydrogen-bond donors (Lipinski definition) is 1. The van der Waals surface area contributed by atoms with E-state index < -0.39 is 11.6 Å². The molecule has 0 aliphatic carbocycles. The zero-order valence-corrected chi connectivity index (χ0v) is 16.4. The third-order valence-corrected chi connectivity index (χ3v) is 5.53. The average Bonchev–Trinajstić information content (AvgIpc) is 3.02. The fourth-order valence-electron chi connectivity index (χ4n) is 4.17. The van der Waals surface area contributed by atoms with Crippen LogP contribution in [0.2, 0.25) is 5.02 Å². The molecule has 2 heterocycles. The van der Waals surface area contributed by atoms with Gasteiger partial charge >= 0.3 is 0 Å². The van der Waals surface area contributed by atoms with Gasteiger partial charge in [-0.05, 0) is 50.2 Å². The van der Waals surface area contributed by atoms with Gasteiger partial charge in [0.1, 0.15) is 0 Å². The lowest BCUT2D eigenvalue weighted by Crippen LogP contribution is -2.70. The Hall–Kier alpha value is -2.86. The highest BCUT2D eigenvalue weighted by molar-refractivity contribution is 6.30. The van der Waals surface area contributed by atoms with E-state index in [9.17, 15) is 14.4 Å². The Balaban J connectivity index is 1.85.